The summed E-state index contributed by atoms with van der Waals surface area (Å²) in [6.45, 7) is 3.35. The molecular formula is C16H23ClN4O. The number of carbonyl (C=O) groups excluding carboxylic acids is 1. The van der Waals surface area contributed by atoms with Gasteiger partial charge in [0.1, 0.15) is 6.33 Å². The van der Waals surface area contributed by atoms with Crippen LogP contribution in [0.25, 0.3) is 0 Å². The van der Waals surface area contributed by atoms with Gasteiger partial charge >= 0.3 is 0 Å². The Labute approximate surface area is 137 Å². The quantitative estimate of drug-likeness (QED) is 0.852. The van der Waals surface area contributed by atoms with E-state index in [1.165, 1.54) is 24.8 Å². The number of hydrogen-bond acceptors (Lipinski definition) is 4. The second kappa shape index (κ2) is 6.13. The number of fused-ring (bicyclic) bond motifs is 2. The van der Waals surface area contributed by atoms with Crippen molar-refractivity contribution in [1.82, 2.24) is 20.2 Å². The highest BCUT2D eigenvalue weighted by atomic mass is 35.5. The van der Waals surface area contributed by atoms with Gasteiger partial charge in [-0.3, -0.25) is 4.79 Å². The number of aromatic nitrogens is 2. The third-order valence-electron chi connectivity index (χ3n) is 5.62. The SMILES string of the molecule is Cl.O=C(N1CCc2cncnc2C1)[C@@]12CCCC[C@H]1CNC2. The molecule has 1 aliphatic carbocycles. The first-order chi connectivity index (χ1) is 10.3. The van der Waals surface area contributed by atoms with E-state index in [-0.39, 0.29) is 17.8 Å². The van der Waals surface area contributed by atoms with Gasteiger partial charge in [-0.15, -0.1) is 12.4 Å². The van der Waals surface area contributed by atoms with Gasteiger partial charge in [-0.1, -0.05) is 12.8 Å². The van der Waals surface area contributed by atoms with Crippen molar-refractivity contribution >= 4 is 18.3 Å². The minimum atomic E-state index is -0.136. The largest absolute Gasteiger partial charge is 0.336 e. The van der Waals surface area contributed by atoms with Crippen LogP contribution in [0.15, 0.2) is 12.5 Å². The summed E-state index contributed by atoms with van der Waals surface area (Å²) in [4.78, 5) is 23.7. The third kappa shape index (κ3) is 2.40. The van der Waals surface area contributed by atoms with Crippen molar-refractivity contribution in [1.29, 1.82) is 0 Å². The van der Waals surface area contributed by atoms with Crippen molar-refractivity contribution in [2.45, 2.75) is 38.6 Å². The van der Waals surface area contributed by atoms with Gasteiger partial charge in [0, 0.05) is 19.3 Å². The zero-order valence-electron chi connectivity index (χ0n) is 12.8. The number of hydrogen-bond donors (Lipinski definition) is 1. The Morgan fingerprint density at radius 2 is 2.32 bits per heavy atom. The van der Waals surface area contributed by atoms with E-state index >= 15 is 0 Å². The highest BCUT2D eigenvalue weighted by molar-refractivity contribution is 5.85. The average Bonchev–Trinajstić information content (AvgIpc) is 2.99. The highest BCUT2D eigenvalue weighted by Crippen LogP contribution is 2.45. The first-order valence-electron chi connectivity index (χ1n) is 8.07. The molecule has 0 spiro atoms. The van der Waals surface area contributed by atoms with Crippen LogP contribution < -0.4 is 5.32 Å². The number of carbonyl (C=O) groups is 1. The third-order valence-corrected chi connectivity index (χ3v) is 5.62. The van der Waals surface area contributed by atoms with Crippen molar-refractivity contribution in [2.75, 3.05) is 19.6 Å². The molecule has 1 saturated heterocycles. The second-order valence-corrected chi connectivity index (χ2v) is 6.70. The molecule has 1 saturated carbocycles. The molecule has 3 aliphatic rings. The van der Waals surface area contributed by atoms with Crippen LogP contribution >= 0.6 is 12.4 Å². The first kappa shape index (κ1) is 15.7. The maximum atomic E-state index is 13.2. The molecule has 1 amide bonds. The van der Waals surface area contributed by atoms with Gasteiger partial charge in [-0.2, -0.15) is 0 Å². The molecule has 2 fully saturated rings. The topological polar surface area (TPSA) is 58.1 Å². The molecule has 0 radical (unpaired) electrons. The molecule has 3 heterocycles. The Morgan fingerprint density at radius 1 is 1.41 bits per heavy atom. The van der Waals surface area contributed by atoms with E-state index in [0.717, 1.165) is 38.2 Å². The second-order valence-electron chi connectivity index (χ2n) is 6.70. The predicted octanol–water partition coefficient (Wildman–Crippen LogP) is 1.56. The number of nitrogens with zero attached hydrogens (tertiary/aromatic N) is 3. The monoisotopic (exact) mass is 322 g/mol. The van der Waals surface area contributed by atoms with E-state index in [2.05, 4.69) is 15.3 Å². The first-order valence-corrected chi connectivity index (χ1v) is 8.07. The molecule has 120 valence electrons. The van der Waals surface area contributed by atoms with Crippen LogP contribution in [-0.2, 0) is 17.8 Å². The maximum absolute atomic E-state index is 13.2. The maximum Gasteiger partial charge on any atom is 0.230 e. The summed E-state index contributed by atoms with van der Waals surface area (Å²) in [6, 6.07) is 0. The van der Waals surface area contributed by atoms with Gasteiger partial charge in [0.25, 0.3) is 0 Å². The van der Waals surface area contributed by atoms with Crippen LogP contribution in [0.3, 0.4) is 0 Å². The van der Waals surface area contributed by atoms with Crippen LogP contribution in [-0.4, -0.2) is 40.4 Å². The molecule has 1 aromatic heterocycles. The fraction of sp³-hybridized carbons (Fsp3) is 0.688. The van der Waals surface area contributed by atoms with Gasteiger partial charge in [0.05, 0.1) is 17.7 Å². The molecule has 2 aliphatic heterocycles. The molecule has 6 heteroatoms. The van der Waals surface area contributed by atoms with E-state index in [1.807, 2.05) is 11.1 Å². The summed E-state index contributed by atoms with van der Waals surface area (Å²) >= 11 is 0. The molecule has 0 bridgehead atoms. The minimum absolute atomic E-state index is 0. The summed E-state index contributed by atoms with van der Waals surface area (Å²) in [7, 11) is 0. The van der Waals surface area contributed by atoms with Gasteiger partial charge < -0.3 is 10.2 Å². The Hall–Kier alpha value is -1.20. The van der Waals surface area contributed by atoms with Crippen molar-refractivity contribution in [3.8, 4) is 0 Å². The van der Waals surface area contributed by atoms with E-state index in [1.54, 1.807) is 6.33 Å². The summed E-state index contributed by atoms with van der Waals surface area (Å²) < 4.78 is 0. The standard InChI is InChI=1S/C16H22N4O.ClH/c21-15(16-5-2-1-3-13(16)8-17-10-16)20-6-4-12-7-18-11-19-14(12)9-20;/h7,11,13,17H,1-6,8-10H2;1H/t13-,16+;/m0./s1. The van der Waals surface area contributed by atoms with Crippen LogP contribution in [0.2, 0.25) is 0 Å². The van der Waals surface area contributed by atoms with Crippen molar-refractivity contribution in [2.24, 2.45) is 11.3 Å². The summed E-state index contributed by atoms with van der Waals surface area (Å²) in [5.74, 6) is 0.895. The molecular weight excluding hydrogens is 300 g/mol. The van der Waals surface area contributed by atoms with Gasteiger partial charge in [-0.05, 0) is 37.3 Å². The van der Waals surface area contributed by atoms with E-state index in [0.29, 0.717) is 18.4 Å². The van der Waals surface area contributed by atoms with Gasteiger partial charge in [0.15, 0.2) is 0 Å². The Morgan fingerprint density at radius 3 is 3.23 bits per heavy atom. The number of halogens is 1. The molecule has 0 unspecified atom stereocenters. The molecule has 22 heavy (non-hydrogen) atoms. The Kier molecular flexibility index (Phi) is 4.37. The fourth-order valence-electron chi connectivity index (χ4n) is 4.41. The van der Waals surface area contributed by atoms with Gasteiger partial charge in [0.2, 0.25) is 5.91 Å². The lowest BCUT2D eigenvalue weighted by molar-refractivity contribution is -0.146. The number of nitrogens with one attached hydrogen (secondary N) is 1. The van der Waals surface area contributed by atoms with Gasteiger partial charge in [-0.25, -0.2) is 9.97 Å². The zero-order chi connectivity index (χ0) is 14.3. The van der Waals surface area contributed by atoms with Crippen LogP contribution in [0.4, 0.5) is 0 Å². The van der Waals surface area contributed by atoms with Crippen LogP contribution in [0, 0.1) is 11.3 Å². The molecule has 5 nitrogen and oxygen atoms in total. The highest BCUT2D eigenvalue weighted by Gasteiger charge is 2.51. The number of rotatable bonds is 1. The lowest BCUT2D eigenvalue weighted by Crippen LogP contribution is -2.51. The van der Waals surface area contributed by atoms with E-state index in [4.69, 9.17) is 0 Å². The molecule has 4 rings (SSSR count). The molecule has 1 N–H and O–H groups in total. The summed E-state index contributed by atoms with van der Waals surface area (Å²) in [6.07, 6.45) is 9.08. The van der Waals surface area contributed by atoms with Crippen molar-refractivity contribution in [3.63, 3.8) is 0 Å². The predicted molar refractivity (Wildman–Crippen MR) is 85.7 cm³/mol. The van der Waals surface area contributed by atoms with Crippen LogP contribution in [0.5, 0.6) is 0 Å². The smallest absolute Gasteiger partial charge is 0.230 e. The average molecular weight is 323 g/mol. The normalized spacial score (nSPS) is 30.2. The van der Waals surface area contributed by atoms with E-state index < -0.39 is 0 Å². The minimum Gasteiger partial charge on any atom is -0.336 e. The molecule has 2 atom stereocenters. The molecule has 1 aromatic rings. The molecule has 0 aromatic carbocycles. The summed E-state index contributed by atoms with van der Waals surface area (Å²) in [5.41, 5.74) is 2.09. The van der Waals surface area contributed by atoms with E-state index in [9.17, 15) is 4.79 Å². The Bertz CT molecular complexity index is 567. The van der Waals surface area contributed by atoms with Crippen molar-refractivity contribution in [3.05, 3.63) is 23.8 Å². The lowest BCUT2D eigenvalue weighted by atomic mass is 9.67. The fourth-order valence-corrected chi connectivity index (χ4v) is 4.41. The zero-order valence-corrected chi connectivity index (χ0v) is 13.6. The lowest BCUT2D eigenvalue weighted by Gasteiger charge is -2.42. The summed E-state index contributed by atoms with van der Waals surface area (Å²) in [5, 5.41) is 3.47. The van der Waals surface area contributed by atoms with Crippen LogP contribution in [0.1, 0.15) is 36.9 Å². The van der Waals surface area contributed by atoms with Crippen molar-refractivity contribution < 1.29 is 4.79 Å². The number of amides is 1. The Balaban J connectivity index is 0.00000144.